The molecule has 5 nitrogen and oxygen atoms in total. The predicted octanol–water partition coefficient (Wildman–Crippen LogP) is 5.76. The second-order valence-electron chi connectivity index (χ2n) is 8.08. The molecular weight excluding hydrogens is 417 g/mol. The maximum Gasteiger partial charge on any atom is 0.225 e. The van der Waals surface area contributed by atoms with Gasteiger partial charge in [-0.1, -0.05) is 38.1 Å². The molecule has 2 aromatic heterocycles. The number of nitrogens with zero attached hydrogens (tertiary/aromatic N) is 3. The Bertz CT molecular complexity index is 1160. The van der Waals surface area contributed by atoms with Gasteiger partial charge in [0.1, 0.15) is 5.82 Å². The molecule has 0 unspecified atom stereocenters. The van der Waals surface area contributed by atoms with Crippen LogP contribution in [-0.2, 0) is 6.54 Å². The lowest BCUT2D eigenvalue weighted by molar-refractivity contribution is 0.829. The quantitative estimate of drug-likeness (QED) is 0.411. The van der Waals surface area contributed by atoms with Crippen molar-refractivity contribution in [3.05, 3.63) is 59.8 Å². The molecule has 0 saturated heterocycles. The van der Waals surface area contributed by atoms with E-state index in [0.717, 1.165) is 28.4 Å². The molecule has 7 heteroatoms. The third-order valence-corrected chi connectivity index (χ3v) is 5.55. The highest BCUT2D eigenvalue weighted by atomic mass is 35.5. The van der Waals surface area contributed by atoms with Crippen molar-refractivity contribution in [2.24, 2.45) is 0 Å². The SMILES string of the molecule is CC(C)c1ccc(Cn2ccc3c4c(N)nc(NC5CC5)nc4ccc32)cc1.Cl.Cl. The monoisotopic (exact) mass is 443 g/mol. The Morgan fingerprint density at radius 3 is 2.43 bits per heavy atom. The zero-order chi connectivity index (χ0) is 19.3. The van der Waals surface area contributed by atoms with Gasteiger partial charge in [-0.15, -0.1) is 24.8 Å². The van der Waals surface area contributed by atoms with Crippen molar-refractivity contribution in [2.75, 3.05) is 11.1 Å². The first-order chi connectivity index (χ1) is 13.6. The van der Waals surface area contributed by atoms with E-state index in [0.29, 0.717) is 23.7 Å². The maximum atomic E-state index is 6.33. The number of benzene rings is 2. The molecular formula is C23H27Cl2N5. The number of anilines is 2. The number of nitrogens with one attached hydrogen (secondary N) is 1. The molecule has 0 bridgehead atoms. The third kappa shape index (κ3) is 4.18. The van der Waals surface area contributed by atoms with Crippen molar-refractivity contribution in [1.82, 2.24) is 14.5 Å². The number of aromatic nitrogens is 3. The molecule has 1 fully saturated rings. The van der Waals surface area contributed by atoms with E-state index in [2.05, 4.69) is 76.3 Å². The number of fused-ring (bicyclic) bond motifs is 3. The van der Waals surface area contributed by atoms with Crippen molar-refractivity contribution in [3.63, 3.8) is 0 Å². The maximum absolute atomic E-state index is 6.33. The van der Waals surface area contributed by atoms with E-state index < -0.39 is 0 Å². The molecule has 1 aliphatic carbocycles. The zero-order valence-corrected chi connectivity index (χ0v) is 18.8. The second-order valence-corrected chi connectivity index (χ2v) is 8.08. The van der Waals surface area contributed by atoms with Crippen LogP contribution in [0.15, 0.2) is 48.7 Å². The first-order valence-corrected chi connectivity index (χ1v) is 9.99. The Morgan fingerprint density at radius 1 is 1.03 bits per heavy atom. The molecule has 0 spiro atoms. The van der Waals surface area contributed by atoms with E-state index in [1.54, 1.807) is 0 Å². The van der Waals surface area contributed by atoms with Crippen LogP contribution < -0.4 is 11.1 Å². The number of nitrogens with two attached hydrogens (primary N) is 1. The van der Waals surface area contributed by atoms with Gasteiger partial charge < -0.3 is 15.6 Å². The highest BCUT2D eigenvalue weighted by Crippen LogP contribution is 2.31. The molecule has 2 heterocycles. The van der Waals surface area contributed by atoms with Crippen molar-refractivity contribution in [1.29, 1.82) is 0 Å². The summed E-state index contributed by atoms with van der Waals surface area (Å²) in [6.45, 7) is 5.27. The minimum absolute atomic E-state index is 0. The van der Waals surface area contributed by atoms with Gasteiger partial charge in [0.05, 0.1) is 10.9 Å². The summed E-state index contributed by atoms with van der Waals surface area (Å²) in [5.74, 6) is 1.73. The van der Waals surface area contributed by atoms with E-state index in [9.17, 15) is 0 Å². The van der Waals surface area contributed by atoms with E-state index in [-0.39, 0.29) is 24.8 Å². The summed E-state index contributed by atoms with van der Waals surface area (Å²) < 4.78 is 2.26. The predicted molar refractivity (Wildman–Crippen MR) is 130 cm³/mol. The molecule has 4 aromatic rings. The third-order valence-electron chi connectivity index (χ3n) is 5.55. The first-order valence-electron chi connectivity index (χ1n) is 9.99. The van der Waals surface area contributed by atoms with Gasteiger partial charge in [-0.2, -0.15) is 4.98 Å². The standard InChI is InChI=1S/C23H25N5.2ClH/c1-14(2)16-5-3-15(4-6-16)13-28-12-11-18-20(28)10-9-19-21(18)22(24)27-23(26-19)25-17-7-8-17;;/h3-6,9-12,14,17H,7-8,13H2,1-2H3,(H3,24,25,26,27);2*1H. The smallest absolute Gasteiger partial charge is 0.225 e. The minimum atomic E-state index is 0. The fraction of sp³-hybridized carbons (Fsp3) is 0.304. The summed E-state index contributed by atoms with van der Waals surface area (Å²) in [6.07, 6.45) is 4.49. The van der Waals surface area contributed by atoms with E-state index in [1.807, 2.05) is 6.07 Å². The van der Waals surface area contributed by atoms with Gasteiger partial charge in [0.2, 0.25) is 5.95 Å². The fourth-order valence-electron chi connectivity index (χ4n) is 3.75. The van der Waals surface area contributed by atoms with Crippen LogP contribution in [0.1, 0.15) is 43.7 Å². The summed E-state index contributed by atoms with van der Waals surface area (Å²) in [5.41, 5.74) is 11.0. The summed E-state index contributed by atoms with van der Waals surface area (Å²) in [6, 6.07) is 15.7. The molecule has 0 radical (unpaired) electrons. The lowest BCUT2D eigenvalue weighted by Gasteiger charge is -2.10. The summed E-state index contributed by atoms with van der Waals surface area (Å²) >= 11 is 0. The fourth-order valence-corrected chi connectivity index (χ4v) is 3.75. The summed E-state index contributed by atoms with van der Waals surface area (Å²) in [5, 5.41) is 5.38. The lowest BCUT2D eigenvalue weighted by Crippen LogP contribution is -2.07. The number of rotatable bonds is 5. The van der Waals surface area contributed by atoms with Gasteiger partial charge in [-0.25, -0.2) is 4.98 Å². The molecule has 0 atom stereocenters. The van der Waals surface area contributed by atoms with Crippen molar-refractivity contribution in [3.8, 4) is 0 Å². The van der Waals surface area contributed by atoms with Crippen LogP contribution in [0.25, 0.3) is 21.8 Å². The van der Waals surface area contributed by atoms with Crippen molar-refractivity contribution < 1.29 is 0 Å². The van der Waals surface area contributed by atoms with Crippen LogP contribution in [0.4, 0.5) is 11.8 Å². The Labute approximate surface area is 188 Å². The Morgan fingerprint density at radius 2 is 1.77 bits per heavy atom. The van der Waals surface area contributed by atoms with Crippen LogP contribution in [0, 0.1) is 0 Å². The van der Waals surface area contributed by atoms with Gasteiger partial charge >= 0.3 is 0 Å². The van der Waals surface area contributed by atoms with Crippen LogP contribution in [-0.4, -0.2) is 20.6 Å². The number of hydrogen-bond acceptors (Lipinski definition) is 4. The minimum Gasteiger partial charge on any atom is -0.383 e. The molecule has 3 N–H and O–H groups in total. The van der Waals surface area contributed by atoms with Crippen LogP contribution in [0.2, 0.25) is 0 Å². The molecule has 0 amide bonds. The molecule has 2 aromatic carbocycles. The van der Waals surface area contributed by atoms with Gasteiger partial charge in [0, 0.05) is 29.7 Å². The van der Waals surface area contributed by atoms with E-state index >= 15 is 0 Å². The number of hydrogen-bond donors (Lipinski definition) is 2. The highest BCUT2D eigenvalue weighted by molar-refractivity contribution is 6.10. The van der Waals surface area contributed by atoms with Gasteiger partial charge in [-0.05, 0) is 48.1 Å². The van der Waals surface area contributed by atoms with Crippen LogP contribution >= 0.6 is 24.8 Å². The van der Waals surface area contributed by atoms with Crippen molar-refractivity contribution >= 4 is 58.4 Å². The topological polar surface area (TPSA) is 68.8 Å². The molecule has 5 rings (SSSR count). The molecule has 1 aliphatic rings. The Balaban J connectivity index is 0.00000128. The summed E-state index contributed by atoms with van der Waals surface area (Å²) in [4.78, 5) is 9.17. The zero-order valence-electron chi connectivity index (χ0n) is 17.1. The Hall–Kier alpha value is -2.50. The first kappa shape index (κ1) is 22.2. The van der Waals surface area contributed by atoms with Crippen LogP contribution in [0.3, 0.4) is 0 Å². The second kappa shape index (κ2) is 8.70. The summed E-state index contributed by atoms with van der Waals surface area (Å²) in [7, 11) is 0. The normalized spacial score (nSPS) is 13.3. The average molecular weight is 444 g/mol. The lowest BCUT2D eigenvalue weighted by atomic mass is 10.0. The molecule has 1 saturated carbocycles. The molecule has 0 aliphatic heterocycles. The van der Waals surface area contributed by atoms with Crippen LogP contribution in [0.5, 0.6) is 0 Å². The van der Waals surface area contributed by atoms with E-state index in [1.165, 1.54) is 24.0 Å². The largest absolute Gasteiger partial charge is 0.383 e. The molecule has 158 valence electrons. The highest BCUT2D eigenvalue weighted by Gasteiger charge is 2.22. The van der Waals surface area contributed by atoms with E-state index in [4.69, 9.17) is 5.73 Å². The molecule has 30 heavy (non-hydrogen) atoms. The Kier molecular flexibility index (Phi) is 6.44. The van der Waals surface area contributed by atoms with Gasteiger partial charge in [0.25, 0.3) is 0 Å². The van der Waals surface area contributed by atoms with Gasteiger partial charge in [0.15, 0.2) is 0 Å². The number of nitrogen functional groups attached to an aromatic ring is 1. The van der Waals surface area contributed by atoms with Crippen molar-refractivity contribution in [2.45, 2.75) is 45.2 Å². The van der Waals surface area contributed by atoms with Gasteiger partial charge in [-0.3, -0.25) is 0 Å². The number of halogens is 2. The average Bonchev–Trinajstić information content (AvgIpc) is 3.40.